The highest BCUT2D eigenvalue weighted by atomic mass is 79.9. The highest BCUT2D eigenvalue weighted by Crippen LogP contribution is 2.22. The molecule has 0 aliphatic carbocycles. The van der Waals surface area contributed by atoms with E-state index in [0.717, 1.165) is 5.56 Å². The molecule has 0 fully saturated rings. The molecule has 0 atom stereocenters. The number of esters is 1. The van der Waals surface area contributed by atoms with Crippen molar-refractivity contribution < 1.29 is 9.53 Å². The zero-order valence-electron chi connectivity index (χ0n) is 9.33. The first-order valence-electron chi connectivity index (χ1n) is 4.95. The maximum atomic E-state index is 11.9. The van der Waals surface area contributed by atoms with Crippen LogP contribution in [0.2, 0.25) is 0 Å². The van der Waals surface area contributed by atoms with E-state index < -0.39 is 5.97 Å². The third-order valence-corrected chi connectivity index (χ3v) is 3.21. The van der Waals surface area contributed by atoms with Gasteiger partial charge in [0.1, 0.15) is 5.69 Å². The fourth-order valence-corrected chi connectivity index (χ4v) is 2.20. The maximum absolute atomic E-state index is 11.9. The van der Waals surface area contributed by atoms with Gasteiger partial charge in [-0.1, -0.05) is 6.07 Å². The summed E-state index contributed by atoms with van der Waals surface area (Å²) in [6, 6.07) is 4.92. The van der Waals surface area contributed by atoms with Crippen molar-refractivity contribution in [3.05, 3.63) is 44.2 Å². The minimum atomic E-state index is -0.552. The fraction of sp³-hybridized carbons (Fsp3) is 0.167. The Hall–Kier alpha value is -1.62. The van der Waals surface area contributed by atoms with Gasteiger partial charge in [-0.15, -0.1) is 0 Å². The Balaban J connectivity index is 2.87. The normalized spacial score (nSPS) is 10.5. The first-order chi connectivity index (χ1) is 8.04. The van der Waals surface area contributed by atoms with Crippen molar-refractivity contribution in [2.24, 2.45) is 0 Å². The predicted molar refractivity (Wildman–Crippen MR) is 68.3 cm³/mol. The summed E-state index contributed by atoms with van der Waals surface area (Å²) in [4.78, 5) is 26.3. The van der Waals surface area contributed by atoms with E-state index in [-0.39, 0.29) is 11.1 Å². The quantitative estimate of drug-likeness (QED) is 0.822. The Labute approximate surface area is 106 Å². The van der Waals surface area contributed by atoms with Crippen molar-refractivity contribution in [2.45, 2.75) is 6.92 Å². The van der Waals surface area contributed by atoms with Gasteiger partial charge in [-0.25, -0.2) is 4.79 Å². The van der Waals surface area contributed by atoms with Gasteiger partial charge in [-0.05, 0) is 34.5 Å². The van der Waals surface area contributed by atoms with Crippen LogP contribution in [0.15, 0.2) is 27.5 Å². The topological polar surface area (TPSA) is 59.2 Å². The van der Waals surface area contributed by atoms with E-state index in [9.17, 15) is 9.59 Å². The molecule has 1 heterocycles. The standard InChI is InChI=1S/C12H10BrNO3/c1-6-3-4-7(13)10-9(15)5-8(12(16)17-2)14-11(6)10/h3-5H,1-2H3,(H,14,15). The number of hydrogen-bond donors (Lipinski definition) is 1. The molecular formula is C12H10BrNO3. The highest BCUT2D eigenvalue weighted by molar-refractivity contribution is 9.10. The van der Waals surface area contributed by atoms with Gasteiger partial charge >= 0.3 is 5.97 Å². The molecule has 17 heavy (non-hydrogen) atoms. The number of methoxy groups -OCH3 is 1. The molecule has 2 aromatic rings. The number of pyridine rings is 1. The summed E-state index contributed by atoms with van der Waals surface area (Å²) in [6.45, 7) is 1.87. The number of aromatic amines is 1. The summed E-state index contributed by atoms with van der Waals surface area (Å²) in [7, 11) is 1.28. The van der Waals surface area contributed by atoms with Crippen LogP contribution in [0, 0.1) is 6.92 Å². The van der Waals surface area contributed by atoms with Crippen molar-refractivity contribution in [3.63, 3.8) is 0 Å². The molecule has 4 nitrogen and oxygen atoms in total. The molecule has 1 aromatic carbocycles. The van der Waals surface area contributed by atoms with Gasteiger partial charge in [0.15, 0.2) is 5.43 Å². The van der Waals surface area contributed by atoms with Crippen LogP contribution in [0.25, 0.3) is 10.9 Å². The summed E-state index contributed by atoms with van der Waals surface area (Å²) in [6.07, 6.45) is 0. The lowest BCUT2D eigenvalue weighted by Crippen LogP contribution is -2.12. The van der Waals surface area contributed by atoms with Crippen molar-refractivity contribution in [1.82, 2.24) is 4.98 Å². The van der Waals surface area contributed by atoms with Crippen molar-refractivity contribution in [1.29, 1.82) is 0 Å². The van der Waals surface area contributed by atoms with Gasteiger partial charge < -0.3 is 9.72 Å². The Kier molecular flexibility index (Phi) is 3.02. The van der Waals surface area contributed by atoms with E-state index in [1.165, 1.54) is 13.2 Å². The van der Waals surface area contributed by atoms with E-state index in [0.29, 0.717) is 15.4 Å². The van der Waals surface area contributed by atoms with Gasteiger partial charge in [0.05, 0.1) is 18.0 Å². The Bertz CT molecular complexity index is 661. The van der Waals surface area contributed by atoms with Crippen molar-refractivity contribution in [2.75, 3.05) is 7.11 Å². The summed E-state index contributed by atoms with van der Waals surface area (Å²) in [5.41, 5.74) is 1.49. The Morgan fingerprint density at radius 2 is 2.12 bits per heavy atom. The molecule has 0 bridgehead atoms. The summed E-state index contributed by atoms with van der Waals surface area (Å²) in [5, 5.41) is 0.539. The van der Waals surface area contributed by atoms with Crippen LogP contribution in [-0.4, -0.2) is 18.1 Å². The smallest absolute Gasteiger partial charge is 0.354 e. The van der Waals surface area contributed by atoms with Crippen LogP contribution in [0.4, 0.5) is 0 Å². The van der Waals surface area contributed by atoms with Crippen LogP contribution in [-0.2, 0) is 4.74 Å². The van der Waals surface area contributed by atoms with E-state index in [1.54, 1.807) is 0 Å². The van der Waals surface area contributed by atoms with Gasteiger partial charge in [-0.3, -0.25) is 4.79 Å². The molecule has 2 rings (SSSR count). The Morgan fingerprint density at radius 1 is 1.41 bits per heavy atom. The van der Waals surface area contributed by atoms with Crippen LogP contribution in [0.3, 0.4) is 0 Å². The summed E-state index contributed by atoms with van der Waals surface area (Å²) >= 11 is 3.32. The summed E-state index contributed by atoms with van der Waals surface area (Å²) in [5.74, 6) is -0.552. The first kappa shape index (κ1) is 11.9. The van der Waals surface area contributed by atoms with Gasteiger partial charge in [0.2, 0.25) is 0 Å². The van der Waals surface area contributed by atoms with Crippen LogP contribution in [0.1, 0.15) is 16.1 Å². The van der Waals surface area contributed by atoms with Crippen molar-refractivity contribution >= 4 is 32.8 Å². The molecule has 0 amide bonds. The molecule has 1 aromatic heterocycles. The minimum absolute atomic E-state index is 0.159. The number of carbonyl (C=O) groups is 1. The molecule has 0 saturated heterocycles. The number of halogens is 1. The fourth-order valence-electron chi connectivity index (χ4n) is 1.68. The largest absolute Gasteiger partial charge is 0.464 e. The molecule has 0 aliphatic rings. The molecule has 0 saturated carbocycles. The van der Waals surface area contributed by atoms with Crippen molar-refractivity contribution in [3.8, 4) is 0 Å². The molecule has 1 N–H and O–H groups in total. The second kappa shape index (κ2) is 4.33. The lowest BCUT2D eigenvalue weighted by atomic mass is 10.1. The zero-order valence-corrected chi connectivity index (χ0v) is 10.9. The Morgan fingerprint density at radius 3 is 2.76 bits per heavy atom. The monoisotopic (exact) mass is 295 g/mol. The van der Waals surface area contributed by atoms with Crippen LogP contribution >= 0.6 is 15.9 Å². The van der Waals surface area contributed by atoms with Gasteiger partial charge in [0.25, 0.3) is 0 Å². The third kappa shape index (κ3) is 1.98. The predicted octanol–water partition coefficient (Wildman–Crippen LogP) is 2.39. The lowest BCUT2D eigenvalue weighted by Gasteiger charge is -2.06. The molecule has 0 aliphatic heterocycles. The number of ether oxygens (including phenoxy) is 1. The second-order valence-corrected chi connectivity index (χ2v) is 4.51. The van der Waals surface area contributed by atoms with E-state index in [2.05, 4.69) is 25.7 Å². The third-order valence-electron chi connectivity index (χ3n) is 2.55. The number of carbonyl (C=O) groups excluding carboxylic acids is 1. The minimum Gasteiger partial charge on any atom is -0.464 e. The number of benzene rings is 1. The van der Waals surface area contributed by atoms with E-state index in [4.69, 9.17) is 0 Å². The average molecular weight is 296 g/mol. The zero-order chi connectivity index (χ0) is 12.6. The summed E-state index contributed by atoms with van der Waals surface area (Å²) < 4.78 is 5.29. The maximum Gasteiger partial charge on any atom is 0.354 e. The molecule has 0 unspecified atom stereocenters. The van der Waals surface area contributed by atoms with Gasteiger partial charge in [0, 0.05) is 10.5 Å². The molecule has 5 heteroatoms. The molecule has 88 valence electrons. The number of aromatic nitrogens is 1. The second-order valence-electron chi connectivity index (χ2n) is 3.65. The van der Waals surface area contributed by atoms with E-state index >= 15 is 0 Å². The van der Waals surface area contributed by atoms with E-state index in [1.807, 2.05) is 19.1 Å². The van der Waals surface area contributed by atoms with Crippen LogP contribution in [0.5, 0.6) is 0 Å². The number of hydrogen-bond acceptors (Lipinski definition) is 3. The molecule has 0 radical (unpaired) electrons. The SMILES string of the molecule is COC(=O)c1cc(=O)c2c(Br)ccc(C)c2[nH]1. The molecular weight excluding hydrogens is 286 g/mol. The molecule has 0 spiro atoms. The highest BCUT2D eigenvalue weighted by Gasteiger charge is 2.12. The lowest BCUT2D eigenvalue weighted by molar-refractivity contribution is 0.0594. The number of nitrogens with one attached hydrogen (secondary N) is 1. The number of fused-ring (bicyclic) bond motifs is 1. The first-order valence-corrected chi connectivity index (χ1v) is 5.74. The van der Waals surface area contributed by atoms with Crippen LogP contribution < -0.4 is 5.43 Å². The number of rotatable bonds is 1. The number of aryl methyl sites for hydroxylation is 1. The number of H-pyrrole nitrogens is 1. The average Bonchev–Trinajstić information content (AvgIpc) is 2.32. The van der Waals surface area contributed by atoms with Gasteiger partial charge in [-0.2, -0.15) is 0 Å².